The highest BCUT2D eigenvalue weighted by Gasteiger charge is 1.92. The molecule has 19 heavy (non-hydrogen) atoms. The Kier molecular flexibility index (Phi) is 7.33. The number of hydrogen-bond acceptors (Lipinski definition) is 2. The molecule has 0 fully saturated rings. The number of esters is 1. The van der Waals surface area contributed by atoms with E-state index >= 15 is 0 Å². The van der Waals surface area contributed by atoms with Crippen molar-refractivity contribution in [3.8, 4) is 0 Å². The standard InChI is InChI=1S/C17H22O2/c1-3-19-17(18)14-8-6-4-5-7-12-16-13-10-9-11-15(16)2/h8-14H,2-7H2,1H3/b14-8+,16-12+. The van der Waals surface area contributed by atoms with E-state index < -0.39 is 0 Å². The first-order chi connectivity index (χ1) is 9.24. The van der Waals surface area contributed by atoms with Crippen molar-refractivity contribution in [2.45, 2.75) is 32.6 Å². The molecule has 102 valence electrons. The van der Waals surface area contributed by atoms with Crippen LogP contribution in [0.3, 0.4) is 0 Å². The smallest absolute Gasteiger partial charge is 0.330 e. The lowest BCUT2D eigenvalue weighted by Gasteiger charge is -1.95. The summed E-state index contributed by atoms with van der Waals surface area (Å²) < 4.78 is 4.80. The number of allylic oxidation sites excluding steroid dienone is 1. The maximum atomic E-state index is 11.0. The van der Waals surface area contributed by atoms with E-state index in [2.05, 4.69) is 18.7 Å². The summed E-state index contributed by atoms with van der Waals surface area (Å²) in [6, 6.07) is 8.14. The summed E-state index contributed by atoms with van der Waals surface area (Å²) in [5.41, 5.74) is 0. The Morgan fingerprint density at radius 3 is 2.74 bits per heavy atom. The van der Waals surface area contributed by atoms with Gasteiger partial charge in [0, 0.05) is 6.08 Å². The van der Waals surface area contributed by atoms with Gasteiger partial charge in [0.1, 0.15) is 0 Å². The zero-order chi connectivity index (χ0) is 13.9. The van der Waals surface area contributed by atoms with Crippen molar-refractivity contribution < 1.29 is 9.53 Å². The SMILES string of the molecule is C=c1cccc/c1=C\CCCC/C=C/C(=O)OCC. The van der Waals surface area contributed by atoms with Crippen LogP contribution in [-0.4, -0.2) is 12.6 Å². The summed E-state index contributed by atoms with van der Waals surface area (Å²) in [7, 11) is 0. The lowest BCUT2D eigenvalue weighted by atomic mass is 10.1. The highest BCUT2D eigenvalue weighted by atomic mass is 16.5. The molecular weight excluding hydrogens is 236 g/mol. The summed E-state index contributed by atoms with van der Waals surface area (Å²) in [4.78, 5) is 11.0. The lowest BCUT2D eigenvalue weighted by Crippen LogP contribution is -2.21. The monoisotopic (exact) mass is 258 g/mol. The van der Waals surface area contributed by atoms with Crippen LogP contribution in [-0.2, 0) is 9.53 Å². The van der Waals surface area contributed by atoms with Crippen LogP contribution in [0.4, 0.5) is 0 Å². The van der Waals surface area contributed by atoms with E-state index in [1.54, 1.807) is 0 Å². The number of ether oxygens (including phenoxy) is 1. The Bertz CT molecular complexity index is 514. The summed E-state index contributed by atoms with van der Waals surface area (Å²) >= 11 is 0. The van der Waals surface area contributed by atoms with E-state index in [-0.39, 0.29) is 5.97 Å². The second-order valence-corrected chi connectivity index (χ2v) is 4.34. The normalized spacial score (nSPS) is 11.9. The van der Waals surface area contributed by atoms with Gasteiger partial charge in [0.15, 0.2) is 0 Å². The molecule has 0 aromatic heterocycles. The molecule has 0 heterocycles. The fourth-order valence-electron chi connectivity index (χ4n) is 1.77. The Balaban J connectivity index is 2.22. The zero-order valence-corrected chi connectivity index (χ0v) is 11.6. The molecule has 0 atom stereocenters. The molecule has 0 unspecified atom stereocenters. The van der Waals surface area contributed by atoms with Crippen LogP contribution in [0.2, 0.25) is 0 Å². The number of rotatable bonds is 7. The third-order valence-corrected chi connectivity index (χ3v) is 2.78. The minimum absolute atomic E-state index is 0.250. The number of hydrogen-bond donors (Lipinski definition) is 0. The van der Waals surface area contributed by atoms with Gasteiger partial charge >= 0.3 is 5.97 Å². The van der Waals surface area contributed by atoms with E-state index in [0.717, 1.165) is 30.9 Å². The molecule has 2 nitrogen and oxygen atoms in total. The third kappa shape index (κ3) is 6.61. The largest absolute Gasteiger partial charge is 0.463 e. The Hall–Kier alpha value is -1.83. The van der Waals surface area contributed by atoms with E-state index in [0.29, 0.717) is 6.61 Å². The van der Waals surface area contributed by atoms with E-state index in [4.69, 9.17) is 4.74 Å². The maximum absolute atomic E-state index is 11.0. The van der Waals surface area contributed by atoms with Gasteiger partial charge in [0.2, 0.25) is 0 Å². The van der Waals surface area contributed by atoms with Gasteiger partial charge in [0.05, 0.1) is 6.61 Å². The third-order valence-electron chi connectivity index (χ3n) is 2.78. The fraction of sp³-hybridized carbons (Fsp3) is 0.353. The minimum atomic E-state index is -0.250. The lowest BCUT2D eigenvalue weighted by molar-refractivity contribution is -0.137. The molecule has 0 saturated heterocycles. The second-order valence-electron chi connectivity index (χ2n) is 4.34. The molecule has 1 rings (SSSR count). The maximum Gasteiger partial charge on any atom is 0.330 e. The van der Waals surface area contributed by atoms with Crippen molar-refractivity contribution in [3.63, 3.8) is 0 Å². The first kappa shape index (κ1) is 15.2. The van der Waals surface area contributed by atoms with Crippen molar-refractivity contribution in [1.29, 1.82) is 0 Å². The predicted molar refractivity (Wildman–Crippen MR) is 79.9 cm³/mol. The first-order valence-corrected chi connectivity index (χ1v) is 6.81. The predicted octanol–water partition coefficient (Wildman–Crippen LogP) is 2.56. The molecule has 0 bridgehead atoms. The second kappa shape index (κ2) is 9.15. The summed E-state index contributed by atoms with van der Waals surface area (Å²) in [6.45, 7) is 6.23. The van der Waals surface area contributed by atoms with Crippen LogP contribution in [0, 0.1) is 0 Å². The average Bonchev–Trinajstić information content (AvgIpc) is 2.40. The van der Waals surface area contributed by atoms with Gasteiger partial charge in [-0.15, -0.1) is 0 Å². The van der Waals surface area contributed by atoms with E-state index in [1.807, 2.05) is 31.2 Å². The summed E-state index contributed by atoms with van der Waals surface area (Å²) in [5, 5.41) is 2.29. The quantitative estimate of drug-likeness (QED) is 0.427. The van der Waals surface area contributed by atoms with Gasteiger partial charge in [-0.1, -0.05) is 43.0 Å². The molecule has 1 aromatic carbocycles. The van der Waals surface area contributed by atoms with Crippen LogP contribution < -0.4 is 10.4 Å². The number of carbonyl (C=O) groups excluding carboxylic acids is 1. The molecule has 0 radical (unpaired) electrons. The molecule has 0 saturated carbocycles. The van der Waals surface area contributed by atoms with Crippen LogP contribution in [0.15, 0.2) is 36.4 Å². The van der Waals surface area contributed by atoms with Gasteiger partial charge in [-0.25, -0.2) is 4.79 Å². The van der Waals surface area contributed by atoms with Crippen molar-refractivity contribution in [2.24, 2.45) is 0 Å². The van der Waals surface area contributed by atoms with E-state index in [1.165, 1.54) is 11.3 Å². The summed E-state index contributed by atoms with van der Waals surface area (Å²) in [5.74, 6) is -0.250. The molecular formula is C17H22O2. The van der Waals surface area contributed by atoms with Gasteiger partial charge < -0.3 is 4.74 Å². The fourth-order valence-corrected chi connectivity index (χ4v) is 1.77. The number of unbranched alkanes of at least 4 members (excludes halogenated alkanes) is 3. The van der Waals surface area contributed by atoms with Gasteiger partial charge in [-0.2, -0.15) is 0 Å². The van der Waals surface area contributed by atoms with Crippen molar-refractivity contribution in [1.82, 2.24) is 0 Å². The molecule has 0 aliphatic rings. The highest BCUT2D eigenvalue weighted by molar-refractivity contribution is 5.81. The van der Waals surface area contributed by atoms with Gasteiger partial charge in [-0.3, -0.25) is 0 Å². The van der Waals surface area contributed by atoms with Crippen molar-refractivity contribution >= 4 is 18.6 Å². The molecule has 0 aliphatic heterocycles. The van der Waals surface area contributed by atoms with Gasteiger partial charge in [0.25, 0.3) is 0 Å². The highest BCUT2D eigenvalue weighted by Crippen LogP contribution is 2.01. The minimum Gasteiger partial charge on any atom is -0.463 e. The molecule has 2 heteroatoms. The van der Waals surface area contributed by atoms with Crippen molar-refractivity contribution in [2.75, 3.05) is 6.61 Å². The van der Waals surface area contributed by atoms with Crippen LogP contribution in [0.1, 0.15) is 32.6 Å². The average molecular weight is 258 g/mol. The Labute approximate surface area is 115 Å². The van der Waals surface area contributed by atoms with Crippen molar-refractivity contribution in [3.05, 3.63) is 46.9 Å². The van der Waals surface area contributed by atoms with E-state index in [9.17, 15) is 4.79 Å². The van der Waals surface area contributed by atoms with Crippen LogP contribution in [0.5, 0.6) is 0 Å². The molecule has 0 aliphatic carbocycles. The Morgan fingerprint density at radius 2 is 2.00 bits per heavy atom. The van der Waals surface area contributed by atoms with Crippen LogP contribution in [0.25, 0.3) is 12.7 Å². The number of carbonyl (C=O) groups is 1. The molecule has 0 spiro atoms. The Morgan fingerprint density at radius 1 is 1.26 bits per heavy atom. The molecule has 1 aromatic rings. The summed E-state index contributed by atoms with van der Waals surface area (Å²) in [6.07, 6.45) is 9.76. The molecule has 0 N–H and O–H groups in total. The topological polar surface area (TPSA) is 26.3 Å². The number of benzene rings is 1. The van der Waals surface area contributed by atoms with Gasteiger partial charge in [-0.05, 0) is 43.0 Å². The van der Waals surface area contributed by atoms with Crippen LogP contribution >= 0.6 is 0 Å². The first-order valence-electron chi connectivity index (χ1n) is 6.81. The molecule has 0 amide bonds. The zero-order valence-electron chi connectivity index (χ0n) is 11.6.